The Morgan fingerprint density at radius 2 is 2.05 bits per heavy atom. The van der Waals surface area contributed by atoms with Gasteiger partial charge in [-0.05, 0) is 30.9 Å². The zero-order valence-corrected chi connectivity index (χ0v) is 11.8. The van der Waals surface area contributed by atoms with Gasteiger partial charge >= 0.3 is 5.97 Å². The quantitative estimate of drug-likeness (QED) is 0.248. The fraction of sp³-hybridized carbons (Fsp3) is 0.429. The molecule has 0 aromatic heterocycles. The number of nitrogens with two attached hydrogens (primary N) is 2. The Balaban J connectivity index is 2.36. The predicted octanol–water partition coefficient (Wildman–Crippen LogP) is 0.0311. The second-order valence-corrected chi connectivity index (χ2v) is 4.67. The molecule has 0 fully saturated rings. The van der Waals surface area contributed by atoms with Gasteiger partial charge in [0, 0.05) is 13.1 Å². The summed E-state index contributed by atoms with van der Waals surface area (Å²) in [6, 6.07) is 6.35. The van der Waals surface area contributed by atoms with Gasteiger partial charge in [-0.2, -0.15) is 0 Å². The molecule has 0 bridgehead atoms. The van der Waals surface area contributed by atoms with Crippen LogP contribution >= 0.6 is 0 Å². The lowest BCUT2D eigenvalue weighted by molar-refractivity contribution is -0.139. The van der Waals surface area contributed by atoms with Gasteiger partial charge in [0.2, 0.25) is 0 Å². The van der Waals surface area contributed by atoms with Gasteiger partial charge in [-0.3, -0.25) is 9.79 Å². The number of para-hydroxylation sites is 1. The maximum atomic E-state index is 11.1. The minimum atomic E-state index is -0.906. The summed E-state index contributed by atoms with van der Waals surface area (Å²) in [4.78, 5) is 15.0. The normalized spacial score (nSPS) is 11.8. The van der Waals surface area contributed by atoms with Crippen LogP contribution in [0.15, 0.2) is 29.3 Å². The van der Waals surface area contributed by atoms with Crippen molar-refractivity contribution in [1.82, 2.24) is 5.32 Å². The Kier molecular flexibility index (Phi) is 7.03. The Morgan fingerprint density at radius 1 is 1.33 bits per heavy atom. The summed E-state index contributed by atoms with van der Waals surface area (Å²) in [6.07, 6.45) is 1.58. The minimum absolute atomic E-state index is 0.00869. The van der Waals surface area contributed by atoms with Crippen LogP contribution in [0.5, 0.6) is 5.75 Å². The third kappa shape index (κ3) is 6.62. The standard InChI is InChI=1S/C14H22N4O3/c15-14(16)18-8-3-5-11(13(20)21)17-9-7-10-4-1-2-6-12(10)19/h1-2,4,6,11,17,19H,3,5,7-9H2,(H,20,21)(H4,15,16,18)/t11-/m0/s1. The number of hydrogen-bond donors (Lipinski definition) is 5. The van der Waals surface area contributed by atoms with Crippen molar-refractivity contribution < 1.29 is 15.0 Å². The lowest BCUT2D eigenvalue weighted by atomic mass is 10.1. The zero-order valence-electron chi connectivity index (χ0n) is 11.8. The smallest absolute Gasteiger partial charge is 0.320 e. The summed E-state index contributed by atoms with van der Waals surface area (Å²) < 4.78 is 0. The summed E-state index contributed by atoms with van der Waals surface area (Å²) in [5, 5.41) is 21.7. The molecule has 116 valence electrons. The second-order valence-electron chi connectivity index (χ2n) is 4.67. The van der Waals surface area contributed by atoms with Crippen LogP contribution in [0.3, 0.4) is 0 Å². The van der Waals surface area contributed by atoms with Gasteiger partial charge < -0.3 is 27.0 Å². The molecule has 1 aromatic rings. The third-order valence-electron chi connectivity index (χ3n) is 3.02. The molecule has 0 amide bonds. The van der Waals surface area contributed by atoms with Crippen LogP contribution in [0.1, 0.15) is 18.4 Å². The number of carbonyl (C=O) groups is 1. The van der Waals surface area contributed by atoms with E-state index in [1.54, 1.807) is 12.1 Å². The van der Waals surface area contributed by atoms with Crippen molar-refractivity contribution in [3.63, 3.8) is 0 Å². The number of nitrogens with one attached hydrogen (secondary N) is 1. The number of guanidine groups is 1. The van der Waals surface area contributed by atoms with Crippen molar-refractivity contribution in [2.75, 3.05) is 13.1 Å². The molecule has 1 aromatic carbocycles. The van der Waals surface area contributed by atoms with E-state index in [-0.39, 0.29) is 11.7 Å². The Bertz CT molecular complexity index is 487. The van der Waals surface area contributed by atoms with E-state index in [0.29, 0.717) is 32.4 Å². The fourth-order valence-corrected chi connectivity index (χ4v) is 1.92. The number of carboxylic acid groups (broad SMARTS) is 1. The van der Waals surface area contributed by atoms with Crippen LogP contribution in [0, 0.1) is 0 Å². The van der Waals surface area contributed by atoms with Gasteiger partial charge in [-0.25, -0.2) is 0 Å². The van der Waals surface area contributed by atoms with Crippen molar-refractivity contribution in [3.05, 3.63) is 29.8 Å². The first-order valence-corrected chi connectivity index (χ1v) is 6.79. The molecule has 1 rings (SSSR count). The molecule has 0 saturated carbocycles. The van der Waals surface area contributed by atoms with Gasteiger partial charge in [-0.1, -0.05) is 18.2 Å². The summed E-state index contributed by atoms with van der Waals surface area (Å²) in [5.74, 6) is -0.676. The summed E-state index contributed by atoms with van der Waals surface area (Å²) in [6.45, 7) is 0.879. The van der Waals surface area contributed by atoms with Gasteiger partial charge in [0.25, 0.3) is 0 Å². The summed E-state index contributed by atoms with van der Waals surface area (Å²) in [5.41, 5.74) is 11.2. The molecule has 0 aliphatic carbocycles. The van der Waals surface area contributed by atoms with E-state index in [1.807, 2.05) is 12.1 Å². The third-order valence-corrected chi connectivity index (χ3v) is 3.02. The lowest BCUT2D eigenvalue weighted by Crippen LogP contribution is -2.38. The average Bonchev–Trinajstić information content (AvgIpc) is 2.42. The highest BCUT2D eigenvalue weighted by molar-refractivity contribution is 5.75. The molecule has 0 heterocycles. The van der Waals surface area contributed by atoms with Gasteiger partial charge in [-0.15, -0.1) is 0 Å². The first-order chi connectivity index (χ1) is 10.0. The average molecular weight is 294 g/mol. The summed E-state index contributed by atoms with van der Waals surface area (Å²) >= 11 is 0. The highest BCUT2D eigenvalue weighted by atomic mass is 16.4. The first-order valence-electron chi connectivity index (χ1n) is 6.79. The maximum absolute atomic E-state index is 11.1. The molecular formula is C14H22N4O3. The molecule has 0 aliphatic rings. The van der Waals surface area contributed by atoms with E-state index in [9.17, 15) is 9.90 Å². The lowest BCUT2D eigenvalue weighted by Gasteiger charge is -2.14. The Hall–Kier alpha value is -2.28. The number of phenolic OH excluding ortho intramolecular Hbond substituents is 1. The predicted molar refractivity (Wildman–Crippen MR) is 81.1 cm³/mol. The van der Waals surface area contributed by atoms with Crippen molar-refractivity contribution in [1.29, 1.82) is 0 Å². The molecule has 1 atom stereocenters. The van der Waals surface area contributed by atoms with E-state index in [4.69, 9.17) is 16.6 Å². The van der Waals surface area contributed by atoms with Crippen molar-refractivity contribution in [2.24, 2.45) is 16.5 Å². The van der Waals surface area contributed by atoms with Gasteiger partial charge in [0.05, 0.1) is 0 Å². The van der Waals surface area contributed by atoms with E-state index in [2.05, 4.69) is 10.3 Å². The van der Waals surface area contributed by atoms with Crippen LogP contribution < -0.4 is 16.8 Å². The molecular weight excluding hydrogens is 272 g/mol. The SMILES string of the molecule is NC(N)=NCCC[C@H](NCCc1ccccc1O)C(=O)O. The second kappa shape index (κ2) is 8.80. The molecule has 0 aliphatic heterocycles. The molecule has 7 nitrogen and oxygen atoms in total. The number of nitrogens with zero attached hydrogens (tertiary/aromatic N) is 1. The number of carboxylic acids is 1. The number of rotatable bonds is 9. The van der Waals surface area contributed by atoms with E-state index >= 15 is 0 Å². The van der Waals surface area contributed by atoms with E-state index in [1.165, 1.54) is 0 Å². The molecule has 0 radical (unpaired) electrons. The maximum Gasteiger partial charge on any atom is 0.320 e. The number of aliphatic imine (C=N–C) groups is 1. The fourth-order valence-electron chi connectivity index (χ4n) is 1.92. The monoisotopic (exact) mass is 294 g/mol. The topological polar surface area (TPSA) is 134 Å². The minimum Gasteiger partial charge on any atom is -0.508 e. The molecule has 7 N–H and O–H groups in total. The molecule has 0 unspecified atom stereocenters. The van der Waals surface area contributed by atoms with Crippen LogP contribution in [0.4, 0.5) is 0 Å². The number of benzene rings is 1. The summed E-state index contributed by atoms with van der Waals surface area (Å²) in [7, 11) is 0. The number of phenols is 1. The van der Waals surface area contributed by atoms with Crippen molar-refractivity contribution in [2.45, 2.75) is 25.3 Å². The van der Waals surface area contributed by atoms with Crippen LogP contribution in [0.2, 0.25) is 0 Å². The zero-order chi connectivity index (χ0) is 15.7. The highest BCUT2D eigenvalue weighted by Gasteiger charge is 2.15. The van der Waals surface area contributed by atoms with Gasteiger partial charge in [0.15, 0.2) is 5.96 Å². The largest absolute Gasteiger partial charge is 0.508 e. The van der Waals surface area contributed by atoms with Crippen molar-refractivity contribution >= 4 is 11.9 Å². The van der Waals surface area contributed by atoms with Gasteiger partial charge in [0.1, 0.15) is 11.8 Å². The molecule has 0 spiro atoms. The Labute approximate surface area is 123 Å². The Morgan fingerprint density at radius 3 is 2.67 bits per heavy atom. The molecule has 21 heavy (non-hydrogen) atoms. The number of hydrogen-bond acceptors (Lipinski definition) is 4. The van der Waals surface area contributed by atoms with Crippen molar-refractivity contribution in [3.8, 4) is 5.75 Å². The van der Waals surface area contributed by atoms with Crippen LogP contribution in [0.25, 0.3) is 0 Å². The molecule has 0 saturated heterocycles. The first kappa shape index (κ1) is 16.8. The highest BCUT2D eigenvalue weighted by Crippen LogP contribution is 2.15. The van der Waals surface area contributed by atoms with E-state index in [0.717, 1.165) is 5.56 Å². The van der Waals surface area contributed by atoms with Crippen LogP contribution in [-0.4, -0.2) is 41.3 Å². The van der Waals surface area contributed by atoms with E-state index < -0.39 is 12.0 Å². The number of aliphatic carboxylic acids is 1. The molecule has 7 heteroatoms. The number of aromatic hydroxyl groups is 1. The van der Waals surface area contributed by atoms with Crippen LogP contribution in [-0.2, 0) is 11.2 Å².